The Morgan fingerprint density at radius 2 is 1.47 bits per heavy atom. The van der Waals surface area contributed by atoms with Crippen LogP contribution in [0.4, 0.5) is 0 Å². The van der Waals surface area contributed by atoms with Crippen LogP contribution in [0, 0.1) is 16.2 Å². The largest absolute Gasteiger partial charge is 0.367 e. The van der Waals surface area contributed by atoms with E-state index in [1.165, 1.54) is 0 Å². The third-order valence-electron chi connectivity index (χ3n) is 3.64. The van der Waals surface area contributed by atoms with Crippen LogP contribution >= 0.6 is 0 Å². The van der Waals surface area contributed by atoms with Crippen LogP contribution in [0.25, 0.3) is 0 Å². The summed E-state index contributed by atoms with van der Waals surface area (Å²) in [5, 5.41) is 10.4. The van der Waals surface area contributed by atoms with Crippen LogP contribution in [0.1, 0.15) is 68.2 Å². The Morgan fingerprint density at radius 1 is 1.00 bits per heavy atom. The lowest BCUT2D eigenvalue weighted by Gasteiger charge is -2.48. The highest BCUT2D eigenvalue weighted by Crippen LogP contribution is 2.49. The fourth-order valence-electron chi connectivity index (χ4n) is 2.24. The van der Waals surface area contributed by atoms with Crippen molar-refractivity contribution in [3.63, 3.8) is 0 Å². The van der Waals surface area contributed by atoms with Crippen LogP contribution in [-0.4, -0.2) is 18.0 Å². The summed E-state index contributed by atoms with van der Waals surface area (Å²) in [5.41, 5.74) is -0.0492. The van der Waals surface area contributed by atoms with Gasteiger partial charge in [-0.3, -0.25) is 0 Å². The molecule has 2 heteroatoms. The number of hydrogen-bond acceptors (Lipinski definition) is 2. The molecule has 0 spiro atoms. The minimum Gasteiger partial charge on any atom is -0.367 e. The van der Waals surface area contributed by atoms with Crippen molar-refractivity contribution in [2.45, 2.75) is 74.5 Å². The highest BCUT2D eigenvalue weighted by atomic mass is 16.6. The van der Waals surface area contributed by atoms with E-state index in [4.69, 9.17) is 4.74 Å². The second-order valence-electron chi connectivity index (χ2n) is 7.63. The van der Waals surface area contributed by atoms with E-state index in [2.05, 4.69) is 55.4 Å². The molecule has 0 aromatic heterocycles. The summed E-state index contributed by atoms with van der Waals surface area (Å²) in [6.45, 7) is 18.0. The van der Waals surface area contributed by atoms with Gasteiger partial charge in [-0.2, -0.15) is 0 Å². The number of aliphatic hydroxyl groups is 1. The van der Waals surface area contributed by atoms with Crippen molar-refractivity contribution in [3.8, 4) is 0 Å². The summed E-state index contributed by atoms with van der Waals surface area (Å²) in [4.78, 5) is 0. The minimum atomic E-state index is -0.693. The van der Waals surface area contributed by atoms with Crippen molar-refractivity contribution >= 4 is 0 Å². The average Bonchev–Trinajstić information content (AvgIpc) is 2.09. The molecular formula is C15H32O2. The molecule has 0 fully saturated rings. The number of rotatable bonds is 5. The summed E-state index contributed by atoms with van der Waals surface area (Å²) in [6.07, 6.45) is 1.18. The van der Waals surface area contributed by atoms with E-state index in [0.717, 1.165) is 12.8 Å². The Kier molecular flexibility index (Phi) is 5.68. The molecule has 0 aliphatic heterocycles. The first-order chi connectivity index (χ1) is 7.44. The molecular weight excluding hydrogens is 212 g/mol. The highest BCUT2D eigenvalue weighted by molar-refractivity contribution is 4.92. The van der Waals surface area contributed by atoms with Gasteiger partial charge in [0.25, 0.3) is 0 Å². The van der Waals surface area contributed by atoms with Crippen LogP contribution in [0.15, 0.2) is 0 Å². The van der Waals surface area contributed by atoms with Crippen LogP contribution in [0.2, 0.25) is 0 Å². The average molecular weight is 244 g/mol. The third kappa shape index (κ3) is 4.97. The van der Waals surface area contributed by atoms with Gasteiger partial charge in [-0.25, -0.2) is 0 Å². The summed E-state index contributed by atoms with van der Waals surface area (Å²) >= 11 is 0. The minimum absolute atomic E-state index is 0.00738. The van der Waals surface area contributed by atoms with Gasteiger partial charge in [0, 0.05) is 12.0 Å². The molecule has 0 amide bonds. The molecule has 2 unspecified atom stereocenters. The second kappa shape index (κ2) is 5.71. The number of hydrogen-bond donors (Lipinski definition) is 1. The van der Waals surface area contributed by atoms with Gasteiger partial charge in [0.15, 0.2) is 6.29 Å². The maximum Gasteiger partial charge on any atom is 0.160 e. The van der Waals surface area contributed by atoms with Gasteiger partial charge in [-0.15, -0.1) is 0 Å². The fourth-order valence-corrected chi connectivity index (χ4v) is 2.24. The van der Waals surface area contributed by atoms with Gasteiger partial charge in [0.05, 0.1) is 0 Å². The third-order valence-corrected chi connectivity index (χ3v) is 3.64. The zero-order valence-electron chi connectivity index (χ0n) is 13.1. The standard InChI is InChI=1S/C15H32O2/c1-9-10-17-12(16)15(8,14(5,6)7)11-13(2,3)4/h12,16H,9-11H2,1-8H3. The van der Waals surface area contributed by atoms with Crippen LogP contribution in [0.5, 0.6) is 0 Å². The smallest absolute Gasteiger partial charge is 0.160 e. The Morgan fingerprint density at radius 3 is 1.76 bits per heavy atom. The van der Waals surface area contributed by atoms with Gasteiger partial charge in [-0.1, -0.05) is 55.4 Å². The van der Waals surface area contributed by atoms with Gasteiger partial charge in [-0.05, 0) is 23.7 Å². The van der Waals surface area contributed by atoms with Crippen molar-refractivity contribution in [2.75, 3.05) is 6.61 Å². The van der Waals surface area contributed by atoms with E-state index in [-0.39, 0.29) is 16.2 Å². The quantitative estimate of drug-likeness (QED) is 0.734. The van der Waals surface area contributed by atoms with Gasteiger partial charge < -0.3 is 9.84 Å². The summed E-state index contributed by atoms with van der Waals surface area (Å²) < 4.78 is 5.58. The van der Waals surface area contributed by atoms with Crippen molar-refractivity contribution in [1.82, 2.24) is 0 Å². The lowest BCUT2D eigenvalue weighted by Crippen LogP contribution is -2.47. The Labute approximate surface area is 108 Å². The lowest BCUT2D eigenvalue weighted by atomic mass is 9.61. The predicted octanol–water partition coefficient (Wildman–Crippen LogP) is 4.22. The van der Waals surface area contributed by atoms with Crippen LogP contribution in [0.3, 0.4) is 0 Å². The van der Waals surface area contributed by atoms with Crippen LogP contribution in [-0.2, 0) is 4.74 Å². The molecule has 0 saturated carbocycles. The fraction of sp³-hybridized carbons (Fsp3) is 1.00. The van der Waals surface area contributed by atoms with E-state index >= 15 is 0 Å². The van der Waals surface area contributed by atoms with E-state index in [0.29, 0.717) is 6.61 Å². The first-order valence-corrected chi connectivity index (χ1v) is 6.74. The van der Waals surface area contributed by atoms with Crippen molar-refractivity contribution in [1.29, 1.82) is 0 Å². The molecule has 2 nitrogen and oxygen atoms in total. The first kappa shape index (κ1) is 16.9. The molecule has 0 aromatic carbocycles. The topological polar surface area (TPSA) is 29.5 Å². The zero-order chi connectivity index (χ0) is 13.9. The summed E-state index contributed by atoms with van der Waals surface area (Å²) in [6, 6.07) is 0. The normalized spacial score (nSPS) is 18.9. The number of aliphatic hydroxyl groups excluding tert-OH is 1. The molecule has 0 rings (SSSR count). The maximum atomic E-state index is 10.4. The summed E-state index contributed by atoms with van der Waals surface area (Å²) in [7, 11) is 0. The van der Waals surface area contributed by atoms with Gasteiger partial charge in [0.2, 0.25) is 0 Å². The highest BCUT2D eigenvalue weighted by Gasteiger charge is 2.46. The predicted molar refractivity (Wildman–Crippen MR) is 73.9 cm³/mol. The first-order valence-electron chi connectivity index (χ1n) is 6.74. The van der Waals surface area contributed by atoms with E-state index < -0.39 is 6.29 Å². The molecule has 0 bridgehead atoms. The molecule has 17 heavy (non-hydrogen) atoms. The molecule has 1 N–H and O–H groups in total. The SMILES string of the molecule is CCCOC(O)C(C)(CC(C)(C)C)C(C)(C)C. The monoisotopic (exact) mass is 244 g/mol. The molecule has 0 aromatic rings. The van der Waals surface area contributed by atoms with Gasteiger partial charge >= 0.3 is 0 Å². The zero-order valence-corrected chi connectivity index (χ0v) is 13.1. The molecule has 0 radical (unpaired) electrons. The lowest BCUT2D eigenvalue weighted by molar-refractivity contribution is -0.212. The van der Waals surface area contributed by atoms with E-state index in [1.54, 1.807) is 0 Å². The van der Waals surface area contributed by atoms with Crippen molar-refractivity contribution in [3.05, 3.63) is 0 Å². The molecule has 0 heterocycles. The second-order valence-corrected chi connectivity index (χ2v) is 7.63. The Balaban J connectivity index is 4.98. The molecule has 104 valence electrons. The molecule has 0 saturated heterocycles. The van der Waals surface area contributed by atoms with Crippen molar-refractivity contribution < 1.29 is 9.84 Å². The van der Waals surface area contributed by atoms with E-state index in [9.17, 15) is 5.11 Å². The maximum absolute atomic E-state index is 10.4. The van der Waals surface area contributed by atoms with Crippen LogP contribution < -0.4 is 0 Å². The molecule has 0 aliphatic rings. The number of ether oxygens (including phenoxy) is 1. The van der Waals surface area contributed by atoms with E-state index in [1.807, 2.05) is 0 Å². The molecule has 0 aliphatic carbocycles. The Hall–Kier alpha value is -0.0800. The molecule has 2 atom stereocenters. The van der Waals surface area contributed by atoms with Gasteiger partial charge in [0.1, 0.15) is 0 Å². The van der Waals surface area contributed by atoms with Crippen molar-refractivity contribution in [2.24, 2.45) is 16.2 Å². The Bertz CT molecular complexity index is 222. The summed E-state index contributed by atoms with van der Waals surface area (Å²) in [5.74, 6) is 0.